The summed E-state index contributed by atoms with van der Waals surface area (Å²) >= 11 is 0. The fourth-order valence-electron chi connectivity index (χ4n) is 7.68. The lowest BCUT2D eigenvalue weighted by molar-refractivity contribution is 1.29. The molecule has 9 aromatic carbocycles. The minimum atomic E-state index is 1.12. The van der Waals surface area contributed by atoms with Gasteiger partial charge in [0, 0.05) is 17.1 Å². The molecule has 238 valence electrons. The molecule has 0 atom stereocenters. The molecule has 0 aliphatic heterocycles. The van der Waals surface area contributed by atoms with Gasteiger partial charge in [-0.25, -0.2) is 0 Å². The van der Waals surface area contributed by atoms with Gasteiger partial charge < -0.3 is 4.90 Å². The first kappa shape index (κ1) is 29.2. The van der Waals surface area contributed by atoms with Crippen LogP contribution in [-0.4, -0.2) is 0 Å². The van der Waals surface area contributed by atoms with Gasteiger partial charge in [-0.05, 0) is 144 Å². The molecule has 1 aliphatic carbocycles. The number of hydrogen-bond acceptors (Lipinski definition) is 1. The molecule has 51 heavy (non-hydrogen) atoms. The quantitative estimate of drug-likeness (QED) is 0.174. The summed E-state index contributed by atoms with van der Waals surface area (Å²) in [4.78, 5) is 2.37. The molecule has 1 aliphatic rings. The lowest BCUT2D eigenvalue weighted by Crippen LogP contribution is -2.10. The van der Waals surface area contributed by atoms with Crippen LogP contribution in [0.25, 0.3) is 77.2 Å². The maximum absolute atomic E-state index is 2.38. The Morgan fingerprint density at radius 1 is 0.216 bits per heavy atom. The molecule has 0 N–H and O–H groups in total. The molecule has 0 saturated carbocycles. The first-order chi connectivity index (χ1) is 25.2. The van der Waals surface area contributed by atoms with E-state index >= 15 is 0 Å². The molecule has 0 radical (unpaired) electrons. The van der Waals surface area contributed by atoms with Crippen molar-refractivity contribution in [2.75, 3.05) is 4.90 Å². The second-order valence-electron chi connectivity index (χ2n) is 13.4. The van der Waals surface area contributed by atoms with E-state index in [1.165, 1.54) is 77.2 Å². The zero-order valence-electron chi connectivity index (χ0n) is 28.0. The Morgan fingerprint density at radius 3 is 1.02 bits per heavy atom. The zero-order valence-corrected chi connectivity index (χ0v) is 28.0. The van der Waals surface area contributed by atoms with Crippen LogP contribution in [0.4, 0.5) is 17.1 Å². The maximum Gasteiger partial charge on any atom is 0.0468 e. The number of fused-ring (bicyclic) bond motifs is 6. The standard InChI is InChI=1S/C50H33N/c1-4-10-34(11-5-1)37-18-23-44(24-19-37)51(45-25-20-38(21-26-45)35-12-6-2-7-13-35)46-27-22-41-31-48-49-32-42-28-39(36-14-8-3-9-15-36)16-17-40(42)30-47(49)50(48)33-43(41)29-46/h1-33H. The lowest BCUT2D eigenvalue weighted by Gasteiger charge is -2.28. The highest BCUT2D eigenvalue weighted by Crippen LogP contribution is 2.51. The third kappa shape index (κ3) is 5.19. The van der Waals surface area contributed by atoms with Crippen LogP contribution in [0, 0.1) is 0 Å². The topological polar surface area (TPSA) is 3.24 Å². The number of nitrogens with zero attached hydrogens (tertiary/aromatic N) is 1. The molecule has 0 aromatic heterocycles. The van der Waals surface area contributed by atoms with Crippen LogP contribution in [-0.2, 0) is 0 Å². The van der Waals surface area contributed by atoms with E-state index in [4.69, 9.17) is 0 Å². The van der Waals surface area contributed by atoms with E-state index in [9.17, 15) is 0 Å². The van der Waals surface area contributed by atoms with E-state index in [2.05, 4.69) is 205 Å². The first-order valence-corrected chi connectivity index (χ1v) is 17.6. The van der Waals surface area contributed by atoms with Crippen LogP contribution in [0.3, 0.4) is 0 Å². The van der Waals surface area contributed by atoms with Crippen LogP contribution in [0.5, 0.6) is 0 Å². The van der Waals surface area contributed by atoms with E-state index in [-0.39, 0.29) is 0 Å². The van der Waals surface area contributed by atoms with Gasteiger partial charge in [0.1, 0.15) is 0 Å². The molecule has 0 amide bonds. The molecule has 1 nitrogen and oxygen atoms in total. The Labute approximate surface area is 298 Å². The zero-order chi connectivity index (χ0) is 33.7. The van der Waals surface area contributed by atoms with Crippen molar-refractivity contribution < 1.29 is 0 Å². The smallest absolute Gasteiger partial charge is 0.0468 e. The molecule has 1 heteroatoms. The number of anilines is 3. The largest absolute Gasteiger partial charge is 0.310 e. The molecule has 0 heterocycles. The molecule has 10 rings (SSSR count). The number of benzene rings is 9. The van der Waals surface area contributed by atoms with E-state index in [1.807, 2.05) is 0 Å². The normalized spacial score (nSPS) is 11.5. The summed E-state index contributed by atoms with van der Waals surface area (Å²) in [6.45, 7) is 0. The SMILES string of the molecule is c1ccc(-c2ccc(N(c3ccc(-c4ccccc4)cc3)c3ccc4cc5c(cc4c3)-c3cc4ccc(-c6ccccc6)cc4cc3-5)cc2)cc1. The van der Waals surface area contributed by atoms with Crippen molar-refractivity contribution in [1.82, 2.24) is 0 Å². The van der Waals surface area contributed by atoms with Gasteiger partial charge in [-0.15, -0.1) is 0 Å². The van der Waals surface area contributed by atoms with Gasteiger partial charge in [-0.1, -0.05) is 133 Å². The highest BCUT2D eigenvalue weighted by Gasteiger charge is 2.24. The predicted octanol–water partition coefficient (Wildman–Crippen LogP) is 14.1. The summed E-state index contributed by atoms with van der Waals surface area (Å²) in [6.07, 6.45) is 0. The summed E-state index contributed by atoms with van der Waals surface area (Å²) < 4.78 is 0. The van der Waals surface area contributed by atoms with Crippen LogP contribution in [0.1, 0.15) is 0 Å². The van der Waals surface area contributed by atoms with Gasteiger partial charge in [0.15, 0.2) is 0 Å². The first-order valence-electron chi connectivity index (χ1n) is 17.6. The maximum atomic E-state index is 2.38. The van der Waals surface area contributed by atoms with Crippen LogP contribution < -0.4 is 4.90 Å². The van der Waals surface area contributed by atoms with E-state index in [1.54, 1.807) is 0 Å². The molecule has 0 fully saturated rings. The Kier molecular flexibility index (Phi) is 6.89. The monoisotopic (exact) mass is 647 g/mol. The van der Waals surface area contributed by atoms with Gasteiger partial charge in [0.2, 0.25) is 0 Å². The van der Waals surface area contributed by atoms with Crippen molar-refractivity contribution in [3.8, 4) is 55.6 Å². The molecule has 9 aromatic rings. The van der Waals surface area contributed by atoms with Gasteiger partial charge in [-0.2, -0.15) is 0 Å². The van der Waals surface area contributed by atoms with Crippen LogP contribution >= 0.6 is 0 Å². The van der Waals surface area contributed by atoms with Crippen molar-refractivity contribution in [1.29, 1.82) is 0 Å². The van der Waals surface area contributed by atoms with Crippen LogP contribution in [0.2, 0.25) is 0 Å². The average molecular weight is 648 g/mol. The summed E-state index contributed by atoms with van der Waals surface area (Å²) in [7, 11) is 0. The predicted molar refractivity (Wildman–Crippen MR) is 217 cm³/mol. The third-order valence-electron chi connectivity index (χ3n) is 10.3. The van der Waals surface area contributed by atoms with Crippen LogP contribution in [0.15, 0.2) is 200 Å². The Bertz CT molecular complexity index is 2610. The lowest BCUT2D eigenvalue weighted by atomic mass is 9.77. The van der Waals surface area contributed by atoms with Gasteiger partial charge in [0.05, 0.1) is 0 Å². The van der Waals surface area contributed by atoms with Gasteiger partial charge >= 0.3 is 0 Å². The summed E-state index contributed by atoms with van der Waals surface area (Å²) in [5.41, 5.74) is 16.1. The minimum Gasteiger partial charge on any atom is -0.310 e. The van der Waals surface area contributed by atoms with E-state index in [0.29, 0.717) is 0 Å². The molecule has 0 bridgehead atoms. The summed E-state index contributed by atoms with van der Waals surface area (Å²) in [5.74, 6) is 0. The summed E-state index contributed by atoms with van der Waals surface area (Å²) in [6, 6.07) is 72.8. The fourth-order valence-corrected chi connectivity index (χ4v) is 7.68. The van der Waals surface area contributed by atoms with Crippen molar-refractivity contribution >= 4 is 38.6 Å². The number of hydrogen-bond donors (Lipinski definition) is 0. The fraction of sp³-hybridized carbons (Fsp3) is 0. The van der Waals surface area contributed by atoms with Gasteiger partial charge in [-0.3, -0.25) is 0 Å². The molecule has 0 saturated heterocycles. The van der Waals surface area contributed by atoms with E-state index in [0.717, 1.165) is 17.1 Å². The molecular formula is C50H33N. The van der Waals surface area contributed by atoms with Crippen molar-refractivity contribution in [2.45, 2.75) is 0 Å². The summed E-state index contributed by atoms with van der Waals surface area (Å²) in [5, 5.41) is 5.05. The van der Waals surface area contributed by atoms with Gasteiger partial charge in [0.25, 0.3) is 0 Å². The second kappa shape index (κ2) is 12.0. The number of rotatable bonds is 6. The Balaban J connectivity index is 1.04. The van der Waals surface area contributed by atoms with Crippen molar-refractivity contribution in [3.05, 3.63) is 200 Å². The highest BCUT2D eigenvalue weighted by molar-refractivity contribution is 6.12. The Morgan fingerprint density at radius 2 is 0.549 bits per heavy atom. The minimum absolute atomic E-state index is 1.12. The van der Waals surface area contributed by atoms with Crippen molar-refractivity contribution in [3.63, 3.8) is 0 Å². The molecular weight excluding hydrogens is 615 g/mol. The second-order valence-corrected chi connectivity index (χ2v) is 13.4. The molecule has 0 spiro atoms. The third-order valence-corrected chi connectivity index (χ3v) is 10.3. The van der Waals surface area contributed by atoms with E-state index < -0.39 is 0 Å². The highest BCUT2D eigenvalue weighted by atomic mass is 15.1. The average Bonchev–Trinajstić information content (AvgIpc) is 3.21. The van der Waals surface area contributed by atoms with Crippen molar-refractivity contribution in [2.24, 2.45) is 0 Å². The Hall–Kier alpha value is -6.70. The molecule has 0 unspecified atom stereocenters.